The van der Waals surface area contributed by atoms with Crippen LogP contribution in [0.1, 0.15) is 66.7 Å². The molecule has 2 atom stereocenters. The predicted octanol–water partition coefficient (Wildman–Crippen LogP) is 6.09. The lowest BCUT2D eigenvalue weighted by Gasteiger charge is -2.21. The van der Waals surface area contributed by atoms with E-state index in [1.54, 1.807) is 38.5 Å². The number of rotatable bonds is 10. The number of hydrogen-bond donors (Lipinski definition) is 0. The Balaban J connectivity index is 1.03. The molecule has 2 fully saturated rings. The minimum Gasteiger partial charge on any atom is -0.493 e. The van der Waals surface area contributed by atoms with E-state index in [0.29, 0.717) is 71.8 Å². The highest BCUT2D eigenvalue weighted by molar-refractivity contribution is 6.05. The van der Waals surface area contributed by atoms with Gasteiger partial charge in [-0.2, -0.15) is 0 Å². The second-order valence-electron chi connectivity index (χ2n) is 11.5. The Labute approximate surface area is 264 Å². The largest absolute Gasteiger partial charge is 0.493 e. The summed E-state index contributed by atoms with van der Waals surface area (Å²) < 4.78 is 23.3. The van der Waals surface area contributed by atoms with E-state index in [1.807, 2.05) is 36.1 Å². The summed E-state index contributed by atoms with van der Waals surface area (Å²) in [4.78, 5) is 39.7. The number of unbranched alkanes of at least 4 members (excludes halogenated alkanes) is 2. The van der Waals surface area contributed by atoms with Crippen molar-refractivity contribution < 1.29 is 28.5 Å². The Morgan fingerprint density at radius 1 is 0.689 bits per heavy atom. The van der Waals surface area contributed by atoms with Crippen LogP contribution < -0.4 is 18.9 Å². The van der Waals surface area contributed by atoms with Gasteiger partial charge in [-0.05, 0) is 69.2 Å². The minimum absolute atomic E-state index is 0.0400. The third-order valence-electron chi connectivity index (χ3n) is 9.02. The molecule has 0 bridgehead atoms. The van der Waals surface area contributed by atoms with Crippen molar-refractivity contribution in [2.45, 2.75) is 58.0 Å². The number of aliphatic imine (C=N–C) groups is 2. The molecule has 10 heteroatoms. The summed E-state index contributed by atoms with van der Waals surface area (Å²) >= 11 is 0. The highest BCUT2D eigenvalue weighted by atomic mass is 16.5. The Kier molecular flexibility index (Phi) is 8.91. The highest BCUT2D eigenvalue weighted by Gasteiger charge is 2.36. The summed E-state index contributed by atoms with van der Waals surface area (Å²) in [5.74, 6) is 2.09. The highest BCUT2D eigenvalue weighted by Crippen LogP contribution is 2.40. The van der Waals surface area contributed by atoms with Crippen molar-refractivity contribution >= 4 is 35.6 Å². The molecule has 0 aromatic heterocycles. The van der Waals surface area contributed by atoms with Gasteiger partial charge in [0.2, 0.25) is 0 Å². The fourth-order valence-electron chi connectivity index (χ4n) is 6.47. The van der Waals surface area contributed by atoms with Gasteiger partial charge in [-0.25, -0.2) is 0 Å². The van der Waals surface area contributed by atoms with Gasteiger partial charge in [-0.15, -0.1) is 0 Å². The summed E-state index contributed by atoms with van der Waals surface area (Å²) in [7, 11) is 3.15. The number of ether oxygens (including phenoxy) is 4. The quantitative estimate of drug-likeness (QED) is 0.238. The van der Waals surface area contributed by atoms with E-state index in [1.165, 1.54) is 11.1 Å². The normalized spacial score (nSPS) is 21.8. The first kappa shape index (κ1) is 30.4. The number of allylic oxidation sites excluding steroid dienone is 2. The van der Waals surface area contributed by atoms with Crippen LogP contribution in [-0.2, 0) is 0 Å². The number of amides is 2. The van der Waals surface area contributed by atoms with Gasteiger partial charge in [-0.3, -0.25) is 19.6 Å². The lowest BCUT2D eigenvalue weighted by molar-refractivity contribution is 0.0772. The van der Waals surface area contributed by atoms with Crippen LogP contribution in [0.5, 0.6) is 23.0 Å². The summed E-state index contributed by atoms with van der Waals surface area (Å²) in [6.07, 6.45) is 12.1. The van der Waals surface area contributed by atoms with Gasteiger partial charge < -0.3 is 28.7 Å². The summed E-state index contributed by atoms with van der Waals surface area (Å²) in [5, 5.41) is 0. The number of methoxy groups -OCH3 is 2. The van der Waals surface area contributed by atoms with Crippen molar-refractivity contribution in [1.82, 2.24) is 9.80 Å². The number of hydrogen-bond acceptors (Lipinski definition) is 8. The molecule has 0 spiro atoms. The van der Waals surface area contributed by atoms with E-state index >= 15 is 0 Å². The van der Waals surface area contributed by atoms with Crippen LogP contribution in [0.4, 0.5) is 11.4 Å². The molecule has 45 heavy (non-hydrogen) atoms. The van der Waals surface area contributed by atoms with Crippen LogP contribution in [-0.4, -0.2) is 86.6 Å². The zero-order chi connectivity index (χ0) is 31.5. The number of carbonyl (C=O) groups excluding carboxylic acids is 2. The van der Waals surface area contributed by atoms with Crippen molar-refractivity contribution in [3.05, 3.63) is 58.7 Å². The van der Waals surface area contributed by atoms with E-state index in [-0.39, 0.29) is 23.9 Å². The molecule has 2 amide bonds. The summed E-state index contributed by atoms with van der Waals surface area (Å²) in [6.45, 7) is 6.33. The van der Waals surface area contributed by atoms with Gasteiger partial charge in [0, 0.05) is 37.7 Å². The van der Waals surface area contributed by atoms with Gasteiger partial charge in [0.15, 0.2) is 23.0 Å². The first-order chi connectivity index (χ1) is 22.0. The molecular formula is C35H40N4O6. The Bertz CT molecular complexity index is 1490. The average Bonchev–Trinajstić information content (AvgIpc) is 3.61. The fraction of sp³-hybridized carbons (Fsp3) is 0.429. The fourth-order valence-corrected chi connectivity index (χ4v) is 6.47. The van der Waals surface area contributed by atoms with E-state index in [4.69, 9.17) is 18.9 Å². The van der Waals surface area contributed by atoms with E-state index in [2.05, 4.69) is 22.1 Å². The molecule has 0 radical (unpaired) electrons. The van der Waals surface area contributed by atoms with Crippen molar-refractivity contribution in [2.75, 3.05) is 40.5 Å². The monoisotopic (exact) mass is 612 g/mol. The van der Waals surface area contributed by atoms with Crippen LogP contribution in [0.2, 0.25) is 0 Å². The van der Waals surface area contributed by atoms with Crippen molar-refractivity contribution in [3.8, 4) is 23.0 Å². The Morgan fingerprint density at radius 2 is 1.13 bits per heavy atom. The molecule has 2 aromatic carbocycles. The van der Waals surface area contributed by atoms with Gasteiger partial charge in [-0.1, -0.05) is 12.2 Å². The minimum atomic E-state index is -0.0994. The first-order valence-electron chi connectivity index (χ1n) is 15.7. The van der Waals surface area contributed by atoms with Crippen molar-refractivity contribution in [2.24, 2.45) is 9.98 Å². The maximum Gasteiger partial charge on any atom is 0.257 e. The molecule has 0 aliphatic carbocycles. The number of nitrogens with zero attached hydrogens (tertiary/aromatic N) is 4. The molecule has 0 unspecified atom stereocenters. The van der Waals surface area contributed by atoms with Crippen molar-refractivity contribution in [3.63, 3.8) is 0 Å². The molecule has 4 aliphatic rings. The predicted molar refractivity (Wildman–Crippen MR) is 174 cm³/mol. The zero-order valence-corrected chi connectivity index (χ0v) is 26.4. The second kappa shape index (κ2) is 13.2. The van der Waals surface area contributed by atoms with Crippen LogP contribution in [0, 0.1) is 0 Å². The van der Waals surface area contributed by atoms with Crippen LogP contribution in [0.25, 0.3) is 0 Å². The molecule has 10 nitrogen and oxygen atoms in total. The number of benzene rings is 2. The summed E-state index contributed by atoms with van der Waals surface area (Å²) in [5.41, 5.74) is 4.66. The zero-order valence-electron chi connectivity index (χ0n) is 26.4. The molecule has 4 heterocycles. The lowest BCUT2D eigenvalue weighted by atomic mass is 10.1. The van der Waals surface area contributed by atoms with Crippen LogP contribution in [0.3, 0.4) is 0 Å². The smallest absolute Gasteiger partial charge is 0.257 e. The molecule has 236 valence electrons. The average molecular weight is 613 g/mol. The topological polar surface area (TPSA) is 102 Å². The molecule has 6 rings (SSSR count). The van der Waals surface area contributed by atoms with E-state index in [0.717, 1.165) is 32.1 Å². The van der Waals surface area contributed by atoms with Crippen molar-refractivity contribution in [1.29, 1.82) is 0 Å². The Hall–Kier alpha value is -4.60. The molecule has 2 aromatic rings. The molecule has 0 N–H and O–H groups in total. The molecular weight excluding hydrogens is 572 g/mol. The lowest BCUT2D eigenvalue weighted by Crippen LogP contribution is -2.35. The standard InChI is InChI=1S/C35H40N4O6/c1-5-22-10-12-38-28(22)20-36-26-18-32(30(42-3)16-24(26)34(38)40)44-14-8-7-9-15-45-33-19-27-25(17-31(33)43-4)35(41)39-13-11-23(6-2)29(39)21-37-27/h5-6,16-21,28-29H,7-15H2,1-4H3/t28-,29-/m1/s1. The molecule has 0 saturated carbocycles. The number of fused-ring (bicyclic) bond motifs is 4. The SMILES string of the molecule is CC=C1CCN2C(=O)c3cc(OC)c(OCCCCCOc4cc5c(cc4OC)C(=O)N4CCC(=CC)[C@H]4C=N5)cc3N=C[C@H]12. The third kappa shape index (κ3) is 5.81. The van der Waals surface area contributed by atoms with Gasteiger partial charge in [0.25, 0.3) is 11.8 Å². The third-order valence-corrected chi connectivity index (χ3v) is 9.02. The molecule has 2 saturated heterocycles. The van der Waals surface area contributed by atoms with Gasteiger partial charge in [0.1, 0.15) is 0 Å². The maximum absolute atomic E-state index is 13.3. The Morgan fingerprint density at radius 3 is 1.53 bits per heavy atom. The van der Waals surface area contributed by atoms with Crippen LogP contribution >= 0.6 is 0 Å². The maximum atomic E-state index is 13.3. The second-order valence-corrected chi connectivity index (χ2v) is 11.5. The van der Waals surface area contributed by atoms with Gasteiger partial charge >= 0.3 is 0 Å². The van der Waals surface area contributed by atoms with E-state index < -0.39 is 0 Å². The molecule has 4 aliphatic heterocycles. The first-order valence-corrected chi connectivity index (χ1v) is 15.7. The van der Waals surface area contributed by atoms with E-state index in [9.17, 15) is 9.59 Å². The number of carbonyl (C=O) groups is 2. The van der Waals surface area contributed by atoms with Crippen LogP contribution in [0.15, 0.2) is 57.5 Å². The van der Waals surface area contributed by atoms with Gasteiger partial charge in [0.05, 0.1) is 62.0 Å². The summed E-state index contributed by atoms with van der Waals surface area (Å²) in [6, 6.07) is 6.87.